The van der Waals surface area contributed by atoms with Crippen LogP contribution in [0, 0.1) is 26.2 Å². The first-order valence-corrected chi connectivity index (χ1v) is 9.61. The Morgan fingerprint density at radius 2 is 1.74 bits per heavy atom. The molecule has 4 N–H and O–H groups in total. The maximum Gasteiger partial charge on any atom is 0.223 e. The molecular weight excluding hydrogens is 394 g/mol. The van der Waals surface area contributed by atoms with Crippen LogP contribution in [0.5, 0.6) is 11.6 Å². The van der Waals surface area contributed by atoms with Crippen LogP contribution in [0.25, 0.3) is 38.9 Å². The van der Waals surface area contributed by atoms with Gasteiger partial charge in [-0.05, 0) is 38.5 Å². The average molecular weight is 413 g/mol. The van der Waals surface area contributed by atoms with E-state index in [-0.39, 0.29) is 22.5 Å². The summed E-state index contributed by atoms with van der Waals surface area (Å²) in [6.45, 7) is 5.52. The third-order valence-corrected chi connectivity index (χ3v) is 5.42. The van der Waals surface area contributed by atoms with Gasteiger partial charge in [-0.25, -0.2) is 19.9 Å². The average Bonchev–Trinajstić information content (AvgIpc) is 2.93. The van der Waals surface area contributed by atoms with Gasteiger partial charge in [-0.2, -0.15) is 0 Å². The Morgan fingerprint density at radius 3 is 2.48 bits per heavy atom. The van der Waals surface area contributed by atoms with E-state index in [9.17, 15) is 10.2 Å². The van der Waals surface area contributed by atoms with Crippen molar-refractivity contribution >= 4 is 21.9 Å². The van der Waals surface area contributed by atoms with Crippen LogP contribution in [-0.2, 0) is 0 Å². The van der Waals surface area contributed by atoms with Gasteiger partial charge in [0.1, 0.15) is 23.4 Å². The van der Waals surface area contributed by atoms with Crippen LogP contribution >= 0.6 is 0 Å². The lowest BCUT2D eigenvalue weighted by Crippen LogP contribution is -2.16. The standard InChI is InChI=1S/C22H19N7O2/c1-10-4-5-16(30)11(2)19(10)29-20(23)18-17-15(26-12(3)27-21(17)29)6-14(28-22(18)31)13-7-24-9-25-8-13/h4-9,23,30-31H,1-3H3,(H,26,27). The number of benzene rings is 1. The molecule has 0 amide bonds. The minimum absolute atomic E-state index is 0.0276. The van der Waals surface area contributed by atoms with E-state index < -0.39 is 0 Å². The molecule has 0 bridgehead atoms. The first-order valence-electron chi connectivity index (χ1n) is 9.61. The van der Waals surface area contributed by atoms with Crippen LogP contribution in [0.3, 0.4) is 0 Å². The number of rotatable bonds is 2. The number of hydrogen-bond donors (Lipinski definition) is 4. The number of aromatic nitrogens is 6. The fourth-order valence-corrected chi connectivity index (χ4v) is 4.00. The summed E-state index contributed by atoms with van der Waals surface area (Å²) >= 11 is 0. The summed E-state index contributed by atoms with van der Waals surface area (Å²) < 4.78 is 1.65. The fourth-order valence-electron chi connectivity index (χ4n) is 4.00. The number of aromatic hydroxyl groups is 2. The molecule has 154 valence electrons. The van der Waals surface area contributed by atoms with Crippen molar-refractivity contribution in [2.24, 2.45) is 0 Å². The summed E-state index contributed by atoms with van der Waals surface area (Å²) in [6.07, 6.45) is 4.64. The molecule has 0 unspecified atom stereocenters. The van der Waals surface area contributed by atoms with Crippen molar-refractivity contribution in [3.63, 3.8) is 0 Å². The van der Waals surface area contributed by atoms with E-state index in [2.05, 4.69) is 24.9 Å². The van der Waals surface area contributed by atoms with Crippen LogP contribution < -0.4 is 5.49 Å². The Kier molecular flexibility index (Phi) is 4.01. The molecule has 0 spiro atoms. The van der Waals surface area contributed by atoms with Crippen LogP contribution in [0.1, 0.15) is 17.0 Å². The SMILES string of the molecule is Cc1nc2c3c(cc(-c4cncnc4)nc(O)c3c(=N)n2-c2c(C)ccc(O)c2C)[nH]1. The Balaban J connectivity index is 1.99. The van der Waals surface area contributed by atoms with Gasteiger partial charge >= 0.3 is 0 Å². The first kappa shape index (κ1) is 18.7. The quantitative estimate of drug-likeness (QED) is 0.351. The van der Waals surface area contributed by atoms with Gasteiger partial charge < -0.3 is 15.2 Å². The van der Waals surface area contributed by atoms with Gasteiger partial charge in [0.2, 0.25) is 5.88 Å². The van der Waals surface area contributed by atoms with Crippen molar-refractivity contribution < 1.29 is 10.2 Å². The highest BCUT2D eigenvalue weighted by Crippen LogP contribution is 2.34. The molecule has 0 aliphatic heterocycles. The molecule has 31 heavy (non-hydrogen) atoms. The van der Waals surface area contributed by atoms with Crippen LogP contribution in [0.4, 0.5) is 0 Å². The molecule has 0 aliphatic carbocycles. The first-order chi connectivity index (χ1) is 14.9. The number of aryl methyl sites for hydroxylation is 2. The summed E-state index contributed by atoms with van der Waals surface area (Å²) in [5.74, 6) is 0.459. The van der Waals surface area contributed by atoms with Gasteiger partial charge in [0.25, 0.3) is 0 Å². The van der Waals surface area contributed by atoms with E-state index in [4.69, 9.17) is 5.41 Å². The molecule has 4 aromatic heterocycles. The Morgan fingerprint density at radius 1 is 1.00 bits per heavy atom. The molecule has 5 aromatic rings. The van der Waals surface area contributed by atoms with Crippen molar-refractivity contribution in [1.82, 2.24) is 29.5 Å². The number of nitrogens with one attached hydrogen (secondary N) is 2. The largest absolute Gasteiger partial charge is 0.508 e. The molecule has 0 saturated carbocycles. The van der Waals surface area contributed by atoms with E-state index in [1.165, 1.54) is 6.33 Å². The maximum atomic E-state index is 10.9. The summed E-state index contributed by atoms with van der Waals surface area (Å²) in [5, 5.41) is 31.0. The molecular formula is C22H19N7O2. The lowest BCUT2D eigenvalue weighted by molar-refractivity contribution is 0.461. The normalized spacial score (nSPS) is 11.5. The van der Waals surface area contributed by atoms with Gasteiger partial charge in [0.15, 0.2) is 5.65 Å². The van der Waals surface area contributed by atoms with Gasteiger partial charge in [0.05, 0.1) is 27.7 Å². The van der Waals surface area contributed by atoms with Gasteiger partial charge in [-0.15, -0.1) is 0 Å². The summed E-state index contributed by atoms with van der Waals surface area (Å²) in [6, 6.07) is 5.20. The zero-order chi connectivity index (χ0) is 21.9. The Hall–Kier alpha value is -4.27. The fraction of sp³-hybridized carbons (Fsp3) is 0.136. The highest BCUT2D eigenvalue weighted by Gasteiger charge is 2.22. The molecule has 0 atom stereocenters. The second-order valence-electron chi connectivity index (χ2n) is 7.46. The van der Waals surface area contributed by atoms with Gasteiger partial charge in [-0.3, -0.25) is 9.98 Å². The predicted molar refractivity (Wildman–Crippen MR) is 115 cm³/mol. The van der Waals surface area contributed by atoms with Gasteiger partial charge in [-0.1, -0.05) is 6.07 Å². The smallest absolute Gasteiger partial charge is 0.223 e. The van der Waals surface area contributed by atoms with Crippen molar-refractivity contribution in [2.75, 3.05) is 0 Å². The molecule has 5 rings (SSSR count). The molecule has 0 saturated heterocycles. The zero-order valence-corrected chi connectivity index (χ0v) is 17.1. The zero-order valence-electron chi connectivity index (χ0n) is 17.1. The van der Waals surface area contributed by atoms with E-state index >= 15 is 0 Å². The highest BCUT2D eigenvalue weighted by atomic mass is 16.3. The second kappa shape index (κ2) is 6.63. The maximum absolute atomic E-state index is 10.9. The van der Waals surface area contributed by atoms with Crippen LogP contribution in [-0.4, -0.2) is 39.7 Å². The third-order valence-electron chi connectivity index (χ3n) is 5.42. The number of nitrogens with zero attached hydrogens (tertiary/aromatic N) is 5. The number of phenolic OH excluding ortho intramolecular Hbond substituents is 1. The van der Waals surface area contributed by atoms with Crippen molar-refractivity contribution in [3.8, 4) is 28.6 Å². The third kappa shape index (κ3) is 2.74. The van der Waals surface area contributed by atoms with Crippen molar-refractivity contribution in [2.45, 2.75) is 20.8 Å². The summed E-state index contributed by atoms with van der Waals surface area (Å²) in [4.78, 5) is 20.3. The molecule has 4 heterocycles. The summed E-state index contributed by atoms with van der Waals surface area (Å²) in [7, 11) is 0. The Labute approximate surface area is 176 Å². The lowest BCUT2D eigenvalue weighted by atomic mass is 10.1. The van der Waals surface area contributed by atoms with Crippen LogP contribution in [0.15, 0.2) is 36.9 Å². The minimum atomic E-state index is -0.294. The molecule has 0 radical (unpaired) electrons. The second-order valence-corrected chi connectivity index (χ2v) is 7.46. The lowest BCUT2D eigenvalue weighted by Gasteiger charge is -2.13. The monoisotopic (exact) mass is 413 g/mol. The number of phenols is 1. The van der Waals surface area contributed by atoms with E-state index in [0.29, 0.717) is 44.9 Å². The Bertz CT molecular complexity index is 1550. The molecule has 9 heteroatoms. The molecule has 9 nitrogen and oxygen atoms in total. The topological polar surface area (TPSA) is 137 Å². The van der Waals surface area contributed by atoms with Crippen LogP contribution in [0.2, 0.25) is 0 Å². The molecule has 0 aliphatic rings. The van der Waals surface area contributed by atoms with E-state index in [0.717, 1.165) is 5.56 Å². The number of hydrogen-bond acceptors (Lipinski definition) is 7. The molecule has 1 aromatic carbocycles. The highest BCUT2D eigenvalue weighted by molar-refractivity contribution is 6.09. The van der Waals surface area contributed by atoms with Gasteiger partial charge in [0, 0.05) is 23.5 Å². The number of H-pyrrole nitrogens is 1. The van der Waals surface area contributed by atoms with E-state index in [1.807, 2.05) is 13.8 Å². The summed E-state index contributed by atoms with van der Waals surface area (Å²) in [5.41, 5.74) is 4.42. The minimum Gasteiger partial charge on any atom is -0.508 e. The predicted octanol–water partition coefficient (Wildman–Crippen LogP) is 3.17. The van der Waals surface area contributed by atoms with Crippen molar-refractivity contribution in [1.29, 1.82) is 5.41 Å². The molecule has 0 fully saturated rings. The van der Waals surface area contributed by atoms with Crippen molar-refractivity contribution in [3.05, 3.63) is 59.4 Å². The van der Waals surface area contributed by atoms with E-state index in [1.54, 1.807) is 42.1 Å². The number of aromatic amines is 1.